The van der Waals surface area contributed by atoms with E-state index < -0.39 is 10.0 Å². The summed E-state index contributed by atoms with van der Waals surface area (Å²) in [4.78, 5) is 14.3. The Morgan fingerprint density at radius 2 is 1.47 bits per heavy atom. The van der Waals surface area contributed by atoms with Crippen LogP contribution in [0.2, 0.25) is 0 Å². The number of sulfonamides is 1. The summed E-state index contributed by atoms with van der Waals surface area (Å²) in [5.41, 5.74) is 1.21. The second kappa shape index (κ2) is 10.2. The van der Waals surface area contributed by atoms with Gasteiger partial charge in [0, 0.05) is 19.2 Å². The zero-order valence-electron chi connectivity index (χ0n) is 18.3. The van der Waals surface area contributed by atoms with Gasteiger partial charge in [-0.15, -0.1) is 0 Å². The number of para-hydroxylation sites is 2. The first-order valence-corrected chi connectivity index (χ1v) is 11.8. The van der Waals surface area contributed by atoms with Crippen LogP contribution >= 0.6 is 0 Å². The van der Waals surface area contributed by atoms with E-state index in [-0.39, 0.29) is 12.5 Å². The van der Waals surface area contributed by atoms with Gasteiger partial charge in [-0.2, -0.15) is 0 Å². The van der Waals surface area contributed by atoms with Gasteiger partial charge in [0.25, 0.3) is 0 Å². The van der Waals surface area contributed by atoms with E-state index in [2.05, 4.69) is 0 Å². The monoisotopic (exact) mass is 454 g/mol. The molecule has 0 aromatic heterocycles. The van der Waals surface area contributed by atoms with Crippen LogP contribution < -0.4 is 13.8 Å². The summed E-state index contributed by atoms with van der Waals surface area (Å²) >= 11 is 0. The molecule has 0 radical (unpaired) electrons. The Bertz CT molecular complexity index is 1150. The minimum Gasteiger partial charge on any atom is -0.496 e. The number of methoxy groups -OCH3 is 1. The fourth-order valence-electron chi connectivity index (χ4n) is 3.13. The Hall–Kier alpha value is -3.52. The topological polar surface area (TPSA) is 76.2 Å². The first-order valence-electron chi connectivity index (χ1n) is 9.94. The third-order valence-electron chi connectivity index (χ3n) is 4.81. The molecular formula is C24H26N2O5S. The molecule has 0 saturated heterocycles. The lowest BCUT2D eigenvalue weighted by Crippen LogP contribution is -2.41. The van der Waals surface area contributed by atoms with Gasteiger partial charge in [0.1, 0.15) is 23.8 Å². The molecule has 0 atom stereocenters. The molecule has 0 fully saturated rings. The van der Waals surface area contributed by atoms with Crippen LogP contribution in [0.5, 0.6) is 17.2 Å². The molecule has 0 bridgehead atoms. The van der Waals surface area contributed by atoms with Gasteiger partial charge in [0.15, 0.2) is 0 Å². The predicted molar refractivity (Wildman–Crippen MR) is 125 cm³/mol. The summed E-state index contributed by atoms with van der Waals surface area (Å²) in [5.74, 6) is 1.56. The number of carbonyl (C=O) groups is 1. The van der Waals surface area contributed by atoms with Gasteiger partial charge >= 0.3 is 0 Å². The van der Waals surface area contributed by atoms with E-state index in [4.69, 9.17) is 9.47 Å². The number of anilines is 1. The number of rotatable bonds is 9. The van der Waals surface area contributed by atoms with Crippen LogP contribution in [0.1, 0.15) is 5.56 Å². The molecule has 3 aromatic carbocycles. The molecule has 3 rings (SSSR count). The van der Waals surface area contributed by atoms with E-state index in [1.54, 1.807) is 38.4 Å². The van der Waals surface area contributed by atoms with Crippen LogP contribution in [0.3, 0.4) is 0 Å². The Morgan fingerprint density at radius 3 is 2.09 bits per heavy atom. The highest BCUT2D eigenvalue weighted by Crippen LogP contribution is 2.26. The van der Waals surface area contributed by atoms with Crippen molar-refractivity contribution in [1.29, 1.82) is 0 Å². The minimum atomic E-state index is -3.68. The van der Waals surface area contributed by atoms with Crippen LogP contribution in [-0.2, 0) is 21.4 Å². The van der Waals surface area contributed by atoms with Gasteiger partial charge in [0.2, 0.25) is 15.9 Å². The highest BCUT2D eigenvalue weighted by atomic mass is 32.2. The smallest absolute Gasteiger partial charge is 0.243 e. The normalized spacial score (nSPS) is 11.0. The van der Waals surface area contributed by atoms with Crippen molar-refractivity contribution < 1.29 is 22.7 Å². The number of benzene rings is 3. The summed E-state index contributed by atoms with van der Waals surface area (Å²) in [6.07, 6.45) is 1.08. The Morgan fingerprint density at radius 1 is 0.875 bits per heavy atom. The maximum atomic E-state index is 12.8. The third-order valence-corrected chi connectivity index (χ3v) is 5.95. The van der Waals surface area contributed by atoms with Crippen LogP contribution in [-0.4, -0.2) is 46.2 Å². The molecule has 0 aliphatic carbocycles. The average molecular weight is 455 g/mol. The highest BCUT2D eigenvalue weighted by molar-refractivity contribution is 7.92. The summed E-state index contributed by atoms with van der Waals surface area (Å²) in [6, 6.07) is 23.2. The van der Waals surface area contributed by atoms with Crippen molar-refractivity contribution in [2.24, 2.45) is 0 Å². The van der Waals surface area contributed by atoms with Crippen molar-refractivity contribution in [3.63, 3.8) is 0 Å². The fourth-order valence-corrected chi connectivity index (χ4v) is 3.98. The molecule has 0 aliphatic heterocycles. The molecule has 0 saturated carbocycles. The lowest BCUT2D eigenvalue weighted by atomic mass is 10.2. The number of amides is 1. The maximum absolute atomic E-state index is 12.8. The predicted octanol–water partition coefficient (Wildman–Crippen LogP) is 3.91. The summed E-state index contributed by atoms with van der Waals surface area (Å²) in [5, 5.41) is 0. The zero-order chi connectivity index (χ0) is 23.1. The number of ether oxygens (including phenoxy) is 2. The molecule has 32 heavy (non-hydrogen) atoms. The number of hydrogen-bond acceptors (Lipinski definition) is 5. The zero-order valence-corrected chi connectivity index (χ0v) is 19.1. The van der Waals surface area contributed by atoms with Gasteiger partial charge in [-0.25, -0.2) is 8.42 Å². The van der Waals surface area contributed by atoms with Crippen molar-refractivity contribution in [1.82, 2.24) is 4.90 Å². The minimum absolute atomic E-state index is 0.296. The molecule has 0 aliphatic rings. The maximum Gasteiger partial charge on any atom is 0.243 e. The van der Waals surface area contributed by atoms with Crippen molar-refractivity contribution in [2.75, 3.05) is 31.3 Å². The Balaban J connectivity index is 1.73. The van der Waals surface area contributed by atoms with Gasteiger partial charge in [-0.1, -0.05) is 36.4 Å². The molecular weight excluding hydrogens is 428 g/mol. The lowest BCUT2D eigenvalue weighted by molar-refractivity contribution is -0.128. The van der Waals surface area contributed by atoms with Crippen molar-refractivity contribution in [2.45, 2.75) is 6.54 Å². The number of carbonyl (C=O) groups excluding carboxylic acids is 1. The first kappa shape index (κ1) is 23.1. The number of likely N-dealkylation sites (N-methyl/N-ethyl adjacent to an activating group) is 1. The molecule has 0 heterocycles. The summed E-state index contributed by atoms with van der Waals surface area (Å²) in [6.45, 7) is -0.0202. The molecule has 0 N–H and O–H groups in total. The lowest BCUT2D eigenvalue weighted by Gasteiger charge is -2.25. The second-order valence-electron chi connectivity index (χ2n) is 7.24. The molecule has 0 spiro atoms. The average Bonchev–Trinajstić information content (AvgIpc) is 2.78. The van der Waals surface area contributed by atoms with E-state index in [0.29, 0.717) is 29.5 Å². The van der Waals surface area contributed by atoms with Gasteiger partial charge in [0.05, 0.1) is 19.1 Å². The van der Waals surface area contributed by atoms with Gasteiger partial charge in [-0.3, -0.25) is 9.10 Å². The van der Waals surface area contributed by atoms with Crippen molar-refractivity contribution in [3.8, 4) is 17.2 Å². The Labute approximate surface area is 188 Å². The van der Waals surface area contributed by atoms with Gasteiger partial charge in [-0.05, 0) is 42.5 Å². The molecule has 0 unspecified atom stereocenters. The number of hydrogen-bond donors (Lipinski definition) is 0. The standard InChI is InChI=1S/C24H26N2O5S/c1-25(17-19-9-7-8-12-23(19)30-2)24(27)18-26(32(3,28)29)20-13-15-22(16-14-20)31-21-10-5-4-6-11-21/h4-16H,17-18H2,1-3H3. The largest absolute Gasteiger partial charge is 0.496 e. The molecule has 3 aromatic rings. The molecule has 7 nitrogen and oxygen atoms in total. The fraction of sp³-hybridized carbons (Fsp3) is 0.208. The van der Waals surface area contributed by atoms with E-state index in [1.807, 2.05) is 54.6 Å². The second-order valence-corrected chi connectivity index (χ2v) is 9.15. The summed E-state index contributed by atoms with van der Waals surface area (Å²) < 4.78 is 37.0. The van der Waals surface area contributed by atoms with Crippen LogP contribution in [0, 0.1) is 0 Å². The first-order chi connectivity index (χ1) is 15.3. The summed E-state index contributed by atoms with van der Waals surface area (Å²) in [7, 11) is -0.486. The van der Waals surface area contributed by atoms with Crippen LogP contribution in [0.25, 0.3) is 0 Å². The van der Waals surface area contributed by atoms with E-state index in [0.717, 1.165) is 16.1 Å². The SMILES string of the molecule is COc1ccccc1CN(C)C(=O)CN(c1ccc(Oc2ccccc2)cc1)S(C)(=O)=O. The van der Waals surface area contributed by atoms with Crippen molar-refractivity contribution in [3.05, 3.63) is 84.4 Å². The van der Waals surface area contributed by atoms with E-state index in [9.17, 15) is 13.2 Å². The van der Waals surface area contributed by atoms with Crippen LogP contribution in [0.4, 0.5) is 5.69 Å². The molecule has 1 amide bonds. The molecule has 168 valence electrons. The third kappa shape index (κ3) is 6.01. The number of nitrogens with zero attached hydrogens (tertiary/aromatic N) is 2. The van der Waals surface area contributed by atoms with E-state index in [1.165, 1.54) is 4.90 Å². The Kier molecular flexibility index (Phi) is 7.37. The van der Waals surface area contributed by atoms with Gasteiger partial charge < -0.3 is 14.4 Å². The van der Waals surface area contributed by atoms with E-state index >= 15 is 0 Å². The quantitative estimate of drug-likeness (QED) is 0.490. The van der Waals surface area contributed by atoms with Crippen molar-refractivity contribution >= 4 is 21.6 Å². The highest BCUT2D eigenvalue weighted by Gasteiger charge is 2.23. The molecule has 8 heteroatoms. The van der Waals surface area contributed by atoms with Crippen LogP contribution in [0.15, 0.2) is 78.9 Å².